The van der Waals surface area contributed by atoms with Gasteiger partial charge in [-0.2, -0.15) is 10.2 Å². The van der Waals surface area contributed by atoms with Gasteiger partial charge in [-0.05, 0) is 246 Å². The Labute approximate surface area is 858 Å². The number of halogens is 9. The fraction of sp³-hybridized carbons (Fsp3) is 0.255. The average Bonchev–Trinajstić information content (AvgIpc) is 0.821. The van der Waals surface area contributed by atoms with Gasteiger partial charge in [-0.3, -0.25) is 29.5 Å². The molecule has 0 radical (unpaired) electrons. The molecule has 0 saturated heterocycles. The van der Waals surface area contributed by atoms with E-state index in [4.69, 9.17) is 98.9 Å². The van der Waals surface area contributed by atoms with Crippen LogP contribution in [0.1, 0.15) is 79.0 Å². The number of nitrogens with one attached hydrogen (secondary N) is 4. The number of H-pyrrole nitrogens is 1. The van der Waals surface area contributed by atoms with Crippen molar-refractivity contribution in [1.82, 2.24) is 76.3 Å². The molecule has 0 saturated carbocycles. The minimum absolute atomic E-state index is 0.0128. The minimum atomic E-state index is -0.567. The van der Waals surface area contributed by atoms with Crippen LogP contribution in [0.4, 0.5) is 14.4 Å². The van der Waals surface area contributed by atoms with E-state index in [1.807, 2.05) is 190 Å². The molecular formula is C98H98Br5Cl4N15O16. The number of rotatable bonds is 23. The number of methoxy groups -OCH3 is 4. The molecule has 138 heavy (non-hydrogen) atoms. The van der Waals surface area contributed by atoms with E-state index in [1.165, 1.54) is 16.8 Å². The summed E-state index contributed by atoms with van der Waals surface area (Å²) in [5.41, 5.74) is 8.50. The van der Waals surface area contributed by atoms with E-state index >= 15 is 0 Å². The number of aliphatic hydroxyl groups excluding tert-OH is 1. The normalized spacial score (nSPS) is 10.8. The molecule has 0 aliphatic heterocycles. The number of fused-ring (bicyclic) bond motifs is 4. The van der Waals surface area contributed by atoms with Gasteiger partial charge in [0.2, 0.25) is 0 Å². The van der Waals surface area contributed by atoms with Crippen LogP contribution in [-0.4, -0.2) is 161 Å². The molecule has 0 spiro atoms. The smallest absolute Gasteiger partial charge is 0.407 e. The Hall–Kier alpha value is -12.0. The van der Waals surface area contributed by atoms with Crippen molar-refractivity contribution in [1.29, 1.82) is 0 Å². The second-order valence-electron chi connectivity index (χ2n) is 31.9. The van der Waals surface area contributed by atoms with Gasteiger partial charge in [0.15, 0.2) is 15.5 Å². The highest BCUT2D eigenvalue weighted by Crippen LogP contribution is 2.38. The number of carbonyl (C=O) groups is 3. The predicted molar refractivity (Wildman–Crippen MR) is 554 cm³/mol. The molecule has 0 fully saturated rings. The first-order valence-corrected chi connectivity index (χ1v) is 47.8. The molecule has 15 aromatic rings. The zero-order valence-electron chi connectivity index (χ0n) is 77.0. The summed E-state index contributed by atoms with van der Waals surface area (Å²) in [7, 11) is 6.47. The fourth-order valence-corrected chi connectivity index (χ4v) is 14.7. The third-order valence-electron chi connectivity index (χ3n) is 18.1. The number of alkyl carbamates (subject to hydrolysis) is 3. The van der Waals surface area contributed by atoms with E-state index in [-0.39, 0.29) is 37.5 Å². The molecule has 3 amide bonds. The molecule has 0 aliphatic rings. The van der Waals surface area contributed by atoms with E-state index in [2.05, 4.69) is 151 Å². The number of hydrogen-bond donors (Lipinski definition) is 5. The van der Waals surface area contributed by atoms with Crippen molar-refractivity contribution >= 4 is 188 Å². The highest BCUT2D eigenvalue weighted by molar-refractivity contribution is 9.11. The van der Waals surface area contributed by atoms with Crippen LogP contribution in [0.3, 0.4) is 0 Å². The van der Waals surface area contributed by atoms with Gasteiger partial charge >= 0.3 is 18.3 Å². The average molecular weight is 2280 g/mol. The molecule has 15 rings (SSSR count). The second-order valence-corrected chi connectivity index (χ2v) is 37.6. The van der Waals surface area contributed by atoms with Crippen LogP contribution in [0.2, 0.25) is 20.5 Å². The SMILES string of the molecule is CC(C)(C)OC(=O)NCc1cccc(-c2ccc(=O)[nH]n2)c1.CC(C)(C)OC(=O)NCc1cccc(-c2ccc(Cl)nn2)c1.COc1cc2nccc(Cl)c2cc1Br.COc1cc2nccc(OCCBr)c2cc1Br.COc1cc2nccc(OCCO)c2cc1Br.COc1cc2nccc(OCCn3nc(-c4cccc(CNC(=O)OC(C)(C)C)c4)ccc3=O)c2cc1Br.Clc1ccc(Cl)nn1. The van der Waals surface area contributed by atoms with E-state index in [1.54, 1.807) is 108 Å². The lowest BCUT2D eigenvalue weighted by Gasteiger charge is -2.19. The predicted octanol–water partition coefficient (Wildman–Crippen LogP) is 23.2. The standard InChI is InChI=1S/C28H29BrN4O5.C16H18ClN3O2.C16H19N3O3.C12H11Br2NO2.C12H12BrNO3.C10H7BrClNO.C4H2Cl2N2/c1-28(2,3)38-27(35)31-17-18-6-5-7-19(14-18)22-8-9-26(34)33(32-22)12-13-37-24-10-11-30-23-16-25(36-4)21(29)15-20(23)24;1-16(2,3)22-15(21)18-10-11-5-4-6-12(9-11)13-7-8-14(17)20-19-13;1-16(2,3)22-15(21)17-10-11-5-4-6-12(9-11)13-7-8-14(20)19-18-13;1-16-12-7-10-8(6-9(12)14)11(2-4-15-10)17-5-3-13;1-16-12-7-10-8(6-9(12)13)11(2-3-14-10)17-5-4-15;1-14-10-5-9-6(4-7(10)11)8(12)2-3-13-9;5-3-1-2-4(6)8-7-3/h5-11,14-16H,12-13,17H2,1-4H3,(H,31,35);4-9H,10H2,1-3H3,(H,18,21);4-9H,10H2,1-3H3,(H,17,21)(H,19,20);2,4,6-7H,3,5H2,1H3;2-3,6-7,15H,4-5H2,1H3;2-5H,1H3;1-2H. The summed E-state index contributed by atoms with van der Waals surface area (Å²) in [4.78, 5) is 75.9. The van der Waals surface area contributed by atoms with E-state index in [0.717, 1.165) is 129 Å². The van der Waals surface area contributed by atoms with Gasteiger partial charge in [0, 0.05) is 124 Å². The Morgan fingerprint density at radius 3 is 1.11 bits per heavy atom. The van der Waals surface area contributed by atoms with Crippen LogP contribution in [0.5, 0.6) is 40.2 Å². The first-order chi connectivity index (χ1) is 65.8. The Morgan fingerprint density at radius 1 is 0.399 bits per heavy atom. The van der Waals surface area contributed by atoms with Crippen LogP contribution in [0, 0.1) is 0 Å². The van der Waals surface area contributed by atoms with Crippen molar-refractivity contribution in [2.24, 2.45) is 0 Å². The van der Waals surface area contributed by atoms with Crippen LogP contribution in [0.25, 0.3) is 77.4 Å². The van der Waals surface area contributed by atoms with Crippen molar-refractivity contribution in [3.05, 3.63) is 295 Å². The monoisotopic (exact) mass is 2280 g/mol. The number of pyridine rings is 4. The minimum Gasteiger partial charge on any atom is -0.495 e. The molecule has 5 N–H and O–H groups in total. The van der Waals surface area contributed by atoms with Gasteiger partial charge in [-0.15, -0.1) is 20.4 Å². The van der Waals surface area contributed by atoms with E-state index in [9.17, 15) is 24.0 Å². The van der Waals surface area contributed by atoms with Crippen molar-refractivity contribution in [2.75, 3.05) is 60.2 Å². The van der Waals surface area contributed by atoms with Gasteiger partial charge in [0.05, 0.1) is 110 Å². The van der Waals surface area contributed by atoms with Gasteiger partial charge in [0.25, 0.3) is 11.1 Å². The largest absolute Gasteiger partial charge is 0.495 e. The highest BCUT2D eigenvalue weighted by Gasteiger charge is 2.21. The van der Waals surface area contributed by atoms with Gasteiger partial charge in [0.1, 0.15) is 70.3 Å². The van der Waals surface area contributed by atoms with Gasteiger partial charge in [-0.25, -0.2) is 24.2 Å². The first kappa shape index (κ1) is 110. The molecule has 0 bridgehead atoms. The number of ether oxygens (including phenoxy) is 10. The lowest BCUT2D eigenvalue weighted by Crippen LogP contribution is -2.32. The van der Waals surface area contributed by atoms with Crippen LogP contribution < -0.4 is 60.2 Å². The zero-order valence-corrected chi connectivity index (χ0v) is 88.0. The van der Waals surface area contributed by atoms with Crippen molar-refractivity contribution < 1.29 is 66.9 Å². The zero-order chi connectivity index (χ0) is 100. The molecule has 7 aromatic carbocycles. The summed E-state index contributed by atoms with van der Waals surface area (Å²) < 4.78 is 58.5. The maximum atomic E-state index is 12.5. The molecular weight excluding hydrogens is 2180 g/mol. The Morgan fingerprint density at radius 2 is 0.746 bits per heavy atom. The maximum absolute atomic E-state index is 12.5. The quantitative estimate of drug-likeness (QED) is 0.0293. The number of hydrogen-bond acceptors (Lipinski definition) is 26. The number of aromatic amines is 1. The van der Waals surface area contributed by atoms with Crippen LogP contribution >= 0.6 is 126 Å². The second kappa shape index (κ2) is 53.8. The molecule has 724 valence electrons. The van der Waals surface area contributed by atoms with Crippen molar-refractivity contribution in [3.63, 3.8) is 0 Å². The topological polar surface area (TPSA) is 384 Å². The lowest BCUT2D eigenvalue weighted by molar-refractivity contribution is 0.0512. The molecule has 40 heteroatoms. The Kier molecular flexibility index (Phi) is 42.8. The number of carbonyl (C=O) groups excluding carboxylic acids is 3. The Balaban J connectivity index is 0.000000188. The van der Waals surface area contributed by atoms with Crippen LogP contribution in [-0.2, 0) is 40.4 Å². The summed E-state index contributed by atoms with van der Waals surface area (Å²) in [6.45, 7) is 18.8. The summed E-state index contributed by atoms with van der Waals surface area (Å²) in [5, 5.41) is 48.8. The number of aromatic nitrogens is 12. The molecule has 0 unspecified atom stereocenters. The number of amides is 3. The number of alkyl halides is 1. The molecule has 31 nitrogen and oxygen atoms in total. The number of benzene rings is 7. The third kappa shape index (κ3) is 35.8. The lowest BCUT2D eigenvalue weighted by atomic mass is 10.1. The summed E-state index contributed by atoms with van der Waals surface area (Å²) >= 11 is 39.6. The molecule has 0 aliphatic carbocycles. The van der Waals surface area contributed by atoms with Gasteiger partial charge < -0.3 is 68.4 Å². The maximum Gasteiger partial charge on any atom is 0.407 e. The number of nitrogens with zero attached hydrogens (tertiary/aromatic N) is 11. The summed E-state index contributed by atoms with van der Waals surface area (Å²) in [6, 6.07) is 58.0. The van der Waals surface area contributed by atoms with Gasteiger partial charge in [-0.1, -0.05) is 117 Å². The Bertz CT molecular complexity index is 6610. The fourth-order valence-electron chi connectivity index (χ4n) is 12.1. The van der Waals surface area contributed by atoms with E-state index < -0.39 is 35.1 Å². The van der Waals surface area contributed by atoms with Crippen LogP contribution in [0.15, 0.2) is 246 Å². The number of aliphatic hydroxyl groups is 1. The first-order valence-electron chi connectivity index (χ1n) is 42.0. The van der Waals surface area contributed by atoms with Crippen molar-refractivity contribution in [2.45, 2.75) is 105 Å². The highest BCUT2D eigenvalue weighted by atomic mass is 79.9. The summed E-state index contributed by atoms with van der Waals surface area (Å²) in [6.07, 6.45) is 5.37. The molecule has 8 heterocycles. The van der Waals surface area contributed by atoms with Crippen molar-refractivity contribution in [3.8, 4) is 74.0 Å². The van der Waals surface area contributed by atoms with E-state index in [0.29, 0.717) is 75.4 Å². The molecule has 8 aromatic heterocycles. The third-order valence-corrected chi connectivity index (χ3v) is 21.8. The summed E-state index contributed by atoms with van der Waals surface area (Å²) in [5.74, 6) is 5.11. The molecule has 0 atom stereocenters.